The van der Waals surface area contributed by atoms with Crippen molar-refractivity contribution in [2.24, 2.45) is 0 Å². The number of hydrogen-bond acceptors (Lipinski definition) is 5. The van der Waals surface area contributed by atoms with Crippen molar-refractivity contribution in [3.05, 3.63) is 65.9 Å². The molecule has 0 spiro atoms. The maximum Gasteiger partial charge on any atom is 0.241 e. The van der Waals surface area contributed by atoms with Gasteiger partial charge in [0, 0.05) is 28.0 Å². The van der Waals surface area contributed by atoms with Crippen LogP contribution >= 0.6 is 11.6 Å². The van der Waals surface area contributed by atoms with Gasteiger partial charge >= 0.3 is 0 Å². The molecule has 1 atom stereocenters. The molecule has 2 heterocycles. The van der Waals surface area contributed by atoms with Gasteiger partial charge in [0.15, 0.2) is 0 Å². The summed E-state index contributed by atoms with van der Waals surface area (Å²) in [5.74, 6) is 0.684. The summed E-state index contributed by atoms with van der Waals surface area (Å²) in [6.45, 7) is 0.899. The van der Waals surface area contributed by atoms with Gasteiger partial charge in [-0.1, -0.05) is 36.2 Å². The molecule has 6 nitrogen and oxygen atoms in total. The van der Waals surface area contributed by atoms with Crippen LogP contribution in [0, 0.1) is 0 Å². The number of aromatic nitrogens is 2. The molecule has 0 saturated carbocycles. The molecule has 1 amide bonds. The zero-order valence-electron chi connectivity index (χ0n) is 15.9. The van der Waals surface area contributed by atoms with E-state index in [0.29, 0.717) is 10.8 Å². The number of hydrogen-bond donors (Lipinski definition) is 3. The fourth-order valence-electron chi connectivity index (χ4n) is 3.33. The third kappa shape index (κ3) is 4.91. The molecule has 1 saturated heterocycles. The second-order valence-electron chi connectivity index (χ2n) is 6.96. The lowest BCUT2D eigenvalue weighted by molar-refractivity contribution is -0.118. The lowest BCUT2D eigenvalue weighted by Crippen LogP contribution is -2.43. The molecule has 0 unspecified atom stereocenters. The topological polar surface area (TPSA) is 78.9 Å². The second-order valence-corrected chi connectivity index (χ2v) is 7.37. The second kappa shape index (κ2) is 9.03. The van der Waals surface area contributed by atoms with E-state index in [-0.39, 0.29) is 11.9 Å². The smallest absolute Gasteiger partial charge is 0.241 e. The number of nitrogens with one attached hydrogen (secondary N) is 3. The van der Waals surface area contributed by atoms with Crippen molar-refractivity contribution >= 4 is 34.7 Å². The number of rotatable bonds is 5. The van der Waals surface area contributed by atoms with E-state index in [1.165, 1.54) is 6.33 Å². The largest absolute Gasteiger partial charge is 0.340 e. The number of halogens is 1. The number of benzene rings is 2. The number of anilines is 3. The van der Waals surface area contributed by atoms with Gasteiger partial charge in [0.05, 0.1) is 11.7 Å². The van der Waals surface area contributed by atoms with Crippen molar-refractivity contribution in [2.45, 2.75) is 25.3 Å². The minimum absolute atomic E-state index is 0.0191. The third-order valence-electron chi connectivity index (χ3n) is 4.87. The van der Waals surface area contributed by atoms with Crippen LogP contribution in [0.1, 0.15) is 19.3 Å². The summed E-state index contributed by atoms with van der Waals surface area (Å²) in [5.41, 5.74) is 3.24. The highest BCUT2D eigenvalue weighted by Crippen LogP contribution is 2.27. The van der Waals surface area contributed by atoms with Gasteiger partial charge in [-0.3, -0.25) is 4.79 Å². The SMILES string of the molecule is O=C(Nc1ccc(Nc2cc(-c3ccccc3Cl)ncn2)cc1)[C@@H]1CCCCN1. The van der Waals surface area contributed by atoms with Crippen molar-refractivity contribution in [1.29, 1.82) is 0 Å². The van der Waals surface area contributed by atoms with E-state index >= 15 is 0 Å². The average molecular weight is 408 g/mol. The number of nitrogens with zero attached hydrogens (tertiary/aromatic N) is 2. The van der Waals surface area contributed by atoms with E-state index in [0.717, 1.165) is 48.4 Å². The van der Waals surface area contributed by atoms with Crippen molar-refractivity contribution < 1.29 is 4.79 Å². The molecule has 1 aromatic heterocycles. The Balaban J connectivity index is 1.42. The van der Waals surface area contributed by atoms with Crippen LogP contribution in [0.3, 0.4) is 0 Å². The summed E-state index contributed by atoms with van der Waals surface area (Å²) in [6.07, 6.45) is 4.61. The fourth-order valence-corrected chi connectivity index (χ4v) is 3.56. The molecular weight excluding hydrogens is 386 g/mol. The van der Waals surface area contributed by atoms with Gasteiger partial charge in [-0.15, -0.1) is 0 Å². The summed E-state index contributed by atoms with van der Waals surface area (Å²) in [4.78, 5) is 20.9. The molecule has 0 aliphatic carbocycles. The van der Waals surface area contributed by atoms with Crippen molar-refractivity contribution in [1.82, 2.24) is 15.3 Å². The van der Waals surface area contributed by atoms with Crippen LogP contribution < -0.4 is 16.0 Å². The summed E-state index contributed by atoms with van der Waals surface area (Å²) in [5, 5.41) is 10.1. The first-order valence-electron chi connectivity index (χ1n) is 9.67. The summed E-state index contributed by atoms with van der Waals surface area (Å²) in [6, 6.07) is 16.9. The van der Waals surface area contributed by atoms with E-state index in [9.17, 15) is 4.79 Å². The van der Waals surface area contributed by atoms with Gasteiger partial charge < -0.3 is 16.0 Å². The Kier molecular flexibility index (Phi) is 6.03. The Hall–Kier alpha value is -2.96. The molecular formula is C22H22ClN5O. The summed E-state index contributed by atoms with van der Waals surface area (Å²) in [7, 11) is 0. The molecule has 148 valence electrons. The zero-order chi connectivity index (χ0) is 20.1. The lowest BCUT2D eigenvalue weighted by atomic mass is 10.0. The summed E-state index contributed by atoms with van der Waals surface area (Å²) < 4.78 is 0. The molecule has 0 bridgehead atoms. The first-order valence-corrected chi connectivity index (χ1v) is 10.0. The first kappa shape index (κ1) is 19.4. The van der Waals surface area contributed by atoms with Crippen molar-refractivity contribution in [3.63, 3.8) is 0 Å². The zero-order valence-corrected chi connectivity index (χ0v) is 16.6. The monoisotopic (exact) mass is 407 g/mol. The molecule has 4 rings (SSSR count). The normalized spacial score (nSPS) is 16.2. The highest BCUT2D eigenvalue weighted by Gasteiger charge is 2.20. The predicted molar refractivity (Wildman–Crippen MR) is 116 cm³/mol. The first-order chi connectivity index (χ1) is 14.2. The van der Waals surface area contributed by atoms with Gasteiger partial charge in [0.1, 0.15) is 12.1 Å². The lowest BCUT2D eigenvalue weighted by Gasteiger charge is -2.22. The molecule has 0 radical (unpaired) electrons. The molecule has 1 aliphatic heterocycles. The highest BCUT2D eigenvalue weighted by molar-refractivity contribution is 6.33. The predicted octanol–water partition coefficient (Wildman–Crippen LogP) is 4.62. The Morgan fingerprint density at radius 3 is 2.59 bits per heavy atom. The summed E-state index contributed by atoms with van der Waals surface area (Å²) >= 11 is 6.27. The minimum atomic E-state index is -0.106. The molecule has 2 aromatic carbocycles. The number of amides is 1. The number of carbonyl (C=O) groups is 1. The number of carbonyl (C=O) groups excluding carboxylic acids is 1. The quantitative estimate of drug-likeness (QED) is 0.575. The molecule has 29 heavy (non-hydrogen) atoms. The average Bonchev–Trinajstić information content (AvgIpc) is 2.76. The maximum absolute atomic E-state index is 12.3. The van der Waals surface area contributed by atoms with Crippen LogP contribution in [0.25, 0.3) is 11.3 Å². The molecule has 1 aliphatic rings. The van der Waals surface area contributed by atoms with Crippen molar-refractivity contribution in [3.8, 4) is 11.3 Å². The van der Waals surface area contributed by atoms with Crippen LogP contribution in [-0.4, -0.2) is 28.5 Å². The van der Waals surface area contributed by atoms with Crippen LogP contribution in [0.15, 0.2) is 60.9 Å². The molecule has 3 aromatic rings. The minimum Gasteiger partial charge on any atom is -0.340 e. The Morgan fingerprint density at radius 1 is 1.03 bits per heavy atom. The maximum atomic E-state index is 12.3. The van der Waals surface area contributed by atoms with E-state index < -0.39 is 0 Å². The van der Waals surface area contributed by atoms with Crippen LogP contribution in [0.5, 0.6) is 0 Å². The van der Waals surface area contributed by atoms with Crippen LogP contribution in [0.2, 0.25) is 5.02 Å². The standard InChI is InChI=1S/C22H22ClN5O/c23-18-6-2-1-5-17(18)20-13-21(26-14-25-20)27-15-8-10-16(11-9-15)28-22(29)19-7-3-4-12-24-19/h1-2,5-6,8-11,13-14,19,24H,3-4,7,12H2,(H,28,29)(H,25,26,27)/t19-/m0/s1. The van der Waals surface area contributed by atoms with Crippen molar-refractivity contribution in [2.75, 3.05) is 17.2 Å². The van der Waals surface area contributed by atoms with E-state index in [2.05, 4.69) is 25.9 Å². The van der Waals surface area contributed by atoms with E-state index in [1.807, 2.05) is 54.6 Å². The Bertz CT molecular complexity index is 987. The van der Waals surface area contributed by atoms with E-state index in [4.69, 9.17) is 11.6 Å². The molecule has 1 fully saturated rings. The third-order valence-corrected chi connectivity index (χ3v) is 5.20. The number of piperidine rings is 1. The van der Waals surface area contributed by atoms with Gasteiger partial charge in [0.2, 0.25) is 5.91 Å². The highest BCUT2D eigenvalue weighted by atomic mass is 35.5. The van der Waals surface area contributed by atoms with Gasteiger partial charge in [-0.25, -0.2) is 9.97 Å². The Morgan fingerprint density at radius 2 is 1.83 bits per heavy atom. The van der Waals surface area contributed by atoms with Gasteiger partial charge in [0.25, 0.3) is 0 Å². The molecule has 7 heteroatoms. The molecule has 3 N–H and O–H groups in total. The van der Waals surface area contributed by atoms with Crippen LogP contribution in [-0.2, 0) is 4.79 Å². The van der Waals surface area contributed by atoms with Crippen LogP contribution in [0.4, 0.5) is 17.2 Å². The van der Waals surface area contributed by atoms with Gasteiger partial charge in [-0.05, 0) is 49.7 Å². The fraction of sp³-hybridized carbons (Fsp3) is 0.227. The Labute approximate surface area is 174 Å². The van der Waals surface area contributed by atoms with Gasteiger partial charge in [-0.2, -0.15) is 0 Å². The van der Waals surface area contributed by atoms with E-state index in [1.54, 1.807) is 0 Å².